The third-order valence-corrected chi connectivity index (χ3v) is 4.33. The Kier molecular flexibility index (Phi) is 4.98. The fraction of sp³-hybridized carbons (Fsp3) is 0.238. The SMILES string of the molecule is CCCC(=O)c1ccc(NC(C(C)=O)c2c[nH]c3ccccc23)cc1. The average Bonchev–Trinajstić information content (AvgIpc) is 3.04. The largest absolute Gasteiger partial charge is 0.372 e. The number of aromatic amines is 1. The van der Waals surface area contributed by atoms with E-state index in [4.69, 9.17) is 0 Å². The van der Waals surface area contributed by atoms with Crippen LogP contribution >= 0.6 is 0 Å². The smallest absolute Gasteiger partial charge is 0.162 e. The van der Waals surface area contributed by atoms with E-state index in [-0.39, 0.29) is 11.6 Å². The van der Waals surface area contributed by atoms with E-state index in [1.165, 1.54) is 0 Å². The third-order valence-electron chi connectivity index (χ3n) is 4.33. The first-order chi connectivity index (χ1) is 12.1. The summed E-state index contributed by atoms with van der Waals surface area (Å²) in [6.07, 6.45) is 3.27. The maximum atomic E-state index is 12.2. The molecule has 1 heterocycles. The topological polar surface area (TPSA) is 62.0 Å². The van der Waals surface area contributed by atoms with Crippen LogP contribution in [0.1, 0.15) is 48.7 Å². The number of aromatic nitrogens is 1. The average molecular weight is 334 g/mol. The molecule has 2 N–H and O–H groups in total. The molecule has 4 nitrogen and oxygen atoms in total. The standard InChI is InChI=1S/C21H22N2O2/c1-3-6-20(25)15-9-11-16(12-10-15)23-21(14(2)24)18-13-22-19-8-5-4-7-17(18)19/h4-5,7-13,21-23H,3,6H2,1-2H3. The van der Waals surface area contributed by atoms with Gasteiger partial charge in [0.1, 0.15) is 6.04 Å². The Labute approximate surface area is 147 Å². The zero-order valence-corrected chi connectivity index (χ0v) is 14.5. The van der Waals surface area contributed by atoms with Crippen LogP contribution in [0.2, 0.25) is 0 Å². The van der Waals surface area contributed by atoms with Crippen molar-refractivity contribution in [1.82, 2.24) is 4.98 Å². The lowest BCUT2D eigenvalue weighted by Gasteiger charge is -2.17. The van der Waals surface area contributed by atoms with E-state index < -0.39 is 6.04 Å². The van der Waals surface area contributed by atoms with Crippen molar-refractivity contribution in [3.8, 4) is 0 Å². The number of hydrogen-bond acceptors (Lipinski definition) is 3. The first-order valence-corrected chi connectivity index (χ1v) is 8.56. The zero-order chi connectivity index (χ0) is 17.8. The van der Waals surface area contributed by atoms with Crippen molar-refractivity contribution in [2.24, 2.45) is 0 Å². The van der Waals surface area contributed by atoms with Gasteiger partial charge in [0.25, 0.3) is 0 Å². The number of carbonyl (C=O) groups is 2. The van der Waals surface area contributed by atoms with E-state index in [1.54, 1.807) is 6.92 Å². The molecule has 0 spiro atoms. The number of Topliss-reactive ketones (excluding diaryl/α,β-unsaturated/α-hetero) is 2. The Morgan fingerprint density at radius 2 is 1.80 bits per heavy atom. The van der Waals surface area contributed by atoms with Gasteiger partial charge < -0.3 is 10.3 Å². The highest BCUT2D eigenvalue weighted by Gasteiger charge is 2.20. The summed E-state index contributed by atoms with van der Waals surface area (Å²) in [5.41, 5.74) is 3.46. The summed E-state index contributed by atoms with van der Waals surface area (Å²) >= 11 is 0. The minimum Gasteiger partial charge on any atom is -0.372 e. The molecule has 0 amide bonds. The van der Waals surface area contributed by atoms with Crippen LogP contribution in [0.5, 0.6) is 0 Å². The molecule has 0 aliphatic heterocycles. The molecule has 1 unspecified atom stereocenters. The van der Waals surface area contributed by atoms with Crippen molar-refractivity contribution in [3.63, 3.8) is 0 Å². The summed E-state index contributed by atoms with van der Waals surface area (Å²) in [7, 11) is 0. The number of H-pyrrole nitrogens is 1. The first kappa shape index (κ1) is 17.0. The van der Waals surface area contributed by atoms with Crippen molar-refractivity contribution >= 4 is 28.2 Å². The number of carbonyl (C=O) groups excluding carboxylic acids is 2. The van der Waals surface area contributed by atoms with Gasteiger partial charge in [0, 0.05) is 40.3 Å². The number of anilines is 1. The second-order valence-corrected chi connectivity index (χ2v) is 6.23. The molecule has 0 saturated heterocycles. The maximum absolute atomic E-state index is 12.2. The zero-order valence-electron chi connectivity index (χ0n) is 14.5. The van der Waals surface area contributed by atoms with E-state index in [1.807, 2.05) is 61.7 Å². The second kappa shape index (κ2) is 7.34. The number of nitrogens with one attached hydrogen (secondary N) is 2. The van der Waals surface area contributed by atoms with Gasteiger partial charge in [-0.2, -0.15) is 0 Å². The fourth-order valence-electron chi connectivity index (χ4n) is 3.02. The van der Waals surface area contributed by atoms with Crippen LogP contribution in [-0.4, -0.2) is 16.6 Å². The molecule has 0 aliphatic rings. The summed E-state index contributed by atoms with van der Waals surface area (Å²) in [5, 5.41) is 4.32. The summed E-state index contributed by atoms with van der Waals surface area (Å²) in [6.45, 7) is 3.57. The van der Waals surface area contributed by atoms with Crippen LogP contribution in [0.3, 0.4) is 0 Å². The molecule has 0 fully saturated rings. The van der Waals surface area contributed by atoms with Gasteiger partial charge in [-0.05, 0) is 43.7 Å². The van der Waals surface area contributed by atoms with Gasteiger partial charge in [-0.15, -0.1) is 0 Å². The number of benzene rings is 2. The number of rotatable bonds is 7. The predicted octanol–water partition coefficient (Wildman–Crippen LogP) is 4.89. The molecule has 0 saturated carbocycles. The molecule has 4 heteroatoms. The van der Waals surface area contributed by atoms with Gasteiger partial charge in [0.2, 0.25) is 0 Å². The molecule has 128 valence electrons. The molecule has 3 aromatic rings. The second-order valence-electron chi connectivity index (χ2n) is 6.23. The Balaban J connectivity index is 1.85. The normalized spacial score (nSPS) is 12.1. The quantitative estimate of drug-likeness (QED) is 0.605. The van der Waals surface area contributed by atoms with Crippen LogP contribution in [0.15, 0.2) is 54.7 Å². The molecular weight excluding hydrogens is 312 g/mol. The van der Waals surface area contributed by atoms with Crippen molar-refractivity contribution in [1.29, 1.82) is 0 Å². The van der Waals surface area contributed by atoms with E-state index in [2.05, 4.69) is 10.3 Å². The molecule has 0 bridgehead atoms. The number of hydrogen-bond donors (Lipinski definition) is 2. The third kappa shape index (κ3) is 3.63. The summed E-state index contributed by atoms with van der Waals surface area (Å²) < 4.78 is 0. The van der Waals surface area contributed by atoms with Crippen LogP contribution in [-0.2, 0) is 4.79 Å². The molecular formula is C21H22N2O2. The van der Waals surface area contributed by atoms with E-state index in [0.29, 0.717) is 12.0 Å². The van der Waals surface area contributed by atoms with Gasteiger partial charge in [0.05, 0.1) is 0 Å². The lowest BCUT2D eigenvalue weighted by Crippen LogP contribution is -2.18. The van der Waals surface area contributed by atoms with Crippen LogP contribution in [0.25, 0.3) is 10.9 Å². The monoisotopic (exact) mass is 334 g/mol. The molecule has 1 aromatic heterocycles. The van der Waals surface area contributed by atoms with Crippen LogP contribution in [0.4, 0.5) is 5.69 Å². The summed E-state index contributed by atoms with van der Waals surface area (Å²) in [5.74, 6) is 0.185. The molecule has 0 radical (unpaired) electrons. The lowest BCUT2D eigenvalue weighted by molar-refractivity contribution is -0.117. The fourth-order valence-corrected chi connectivity index (χ4v) is 3.02. The van der Waals surface area contributed by atoms with Crippen LogP contribution in [0, 0.1) is 0 Å². The Bertz CT molecular complexity index is 894. The Morgan fingerprint density at radius 3 is 2.48 bits per heavy atom. The van der Waals surface area contributed by atoms with E-state index in [0.717, 1.165) is 28.6 Å². The predicted molar refractivity (Wildman–Crippen MR) is 101 cm³/mol. The minimum atomic E-state index is -0.437. The Morgan fingerprint density at radius 1 is 1.08 bits per heavy atom. The van der Waals surface area contributed by atoms with Gasteiger partial charge in [-0.1, -0.05) is 25.1 Å². The summed E-state index contributed by atoms with van der Waals surface area (Å²) in [4.78, 5) is 27.4. The van der Waals surface area contributed by atoms with Crippen molar-refractivity contribution in [2.45, 2.75) is 32.7 Å². The van der Waals surface area contributed by atoms with Crippen molar-refractivity contribution in [3.05, 3.63) is 65.9 Å². The Hall–Kier alpha value is -2.88. The van der Waals surface area contributed by atoms with Gasteiger partial charge in [0.15, 0.2) is 11.6 Å². The number of fused-ring (bicyclic) bond motifs is 1. The van der Waals surface area contributed by atoms with Crippen molar-refractivity contribution in [2.75, 3.05) is 5.32 Å². The number of ketones is 2. The van der Waals surface area contributed by atoms with Crippen LogP contribution < -0.4 is 5.32 Å². The maximum Gasteiger partial charge on any atom is 0.162 e. The molecule has 25 heavy (non-hydrogen) atoms. The molecule has 3 rings (SSSR count). The number of para-hydroxylation sites is 1. The van der Waals surface area contributed by atoms with E-state index >= 15 is 0 Å². The highest BCUT2D eigenvalue weighted by Crippen LogP contribution is 2.28. The molecule has 1 atom stereocenters. The summed E-state index contributed by atoms with van der Waals surface area (Å²) in [6, 6.07) is 14.8. The highest BCUT2D eigenvalue weighted by molar-refractivity contribution is 5.96. The molecule has 0 aliphatic carbocycles. The van der Waals surface area contributed by atoms with Gasteiger partial charge >= 0.3 is 0 Å². The highest BCUT2D eigenvalue weighted by atomic mass is 16.1. The van der Waals surface area contributed by atoms with Gasteiger partial charge in [-0.25, -0.2) is 0 Å². The van der Waals surface area contributed by atoms with Gasteiger partial charge in [-0.3, -0.25) is 9.59 Å². The minimum absolute atomic E-state index is 0.0379. The molecule has 2 aromatic carbocycles. The lowest BCUT2D eigenvalue weighted by atomic mass is 10.0. The van der Waals surface area contributed by atoms with Crippen molar-refractivity contribution < 1.29 is 9.59 Å². The van der Waals surface area contributed by atoms with E-state index in [9.17, 15) is 9.59 Å². The first-order valence-electron chi connectivity index (χ1n) is 8.56.